The van der Waals surface area contributed by atoms with Crippen LogP contribution in [0.25, 0.3) is 0 Å². The summed E-state index contributed by atoms with van der Waals surface area (Å²) >= 11 is 11.9. The predicted molar refractivity (Wildman–Crippen MR) is 95.2 cm³/mol. The zero-order valence-corrected chi connectivity index (χ0v) is 14.6. The zero-order chi connectivity index (χ0) is 16.8. The minimum absolute atomic E-state index is 0.129. The second-order valence-electron chi connectivity index (χ2n) is 5.52. The van der Waals surface area contributed by atoms with Crippen molar-refractivity contribution in [3.05, 3.63) is 63.6 Å². The molecule has 0 heterocycles. The number of amides is 1. The lowest BCUT2D eigenvalue weighted by molar-refractivity contribution is -0.115. The molecule has 0 bridgehead atoms. The third kappa shape index (κ3) is 5.87. The van der Waals surface area contributed by atoms with Gasteiger partial charge in [0.2, 0.25) is 5.91 Å². The van der Waals surface area contributed by atoms with Gasteiger partial charge in [-0.15, -0.1) is 0 Å². The van der Waals surface area contributed by atoms with Gasteiger partial charge < -0.3 is 10.1 Å². The van der Waals surface area contributed by atoms with Crippen LogP contribution in [0.4, 0.5) is 5.69 Å². The Labute approximate surface area is 146 Å². The summed E-state index contributed by atoms with van der Waals surface area (Å²) in [4.78, 5) is 12.2. The van der Waals surface area contributed by atoms with Crippen LogP contribution >= 0.6 is 23.2 Å². The first kappa shape index (κ1) is 17.8. The smallest absolute Gasteiger partial charge is 0.228 e. The Balaban J connectivity index is 1.98. The summed E-state index contributed by atoms with van der Waals surface area (Å²) in [6.45, 7) is 4.49. The molecule has 0 unspecified atom stereocenters. The summed E-state index contributed by atoms with van der Waals surface area (Å²) in [5.41, 5.74) is 2.50. The van der Waals surface area contributed by atoms with Crippen molar-refractivity contribution in [2.45, 2.75) is 33.0 Å². The molecular formula is C18H19Cl2NO2. The second kappa shape index (κ2) is 8.34. The maximum atomic E-state index is 12.2. The summed E-state index contributed by atoms with van der Waals surface area (Å²) in [7, 11) is 0. The molecule has 122 valence electrons. The Hall–Kier alpha value is -1.55. The van der Waals surface area contributed by atoms with Gasteiger partial charge in [-0.05, 0) is 49.2 Å². The maximum Gasteiger partial charge on any atom is 0.228 e. The Morgan fingerprint density at radius 2 is 1.96 bits per heavy atom. The molecule has 5 heteroatoms. The van der Waals surface area contributed by atoms with E-state index < -0.39 is 0 Å². The van der Waals surface area contributed by atoms with Crippen molar-refractivity contribution in [3.63, 3.8) is 0 Å². The highest BCUT2D eigenvalue weighted by Crippen LogP contribution is 2.22. The Bertz CT molecular complexity index is 686. The number of rotatable bonds is 6. The van der Waals surface area contributed by atoms with E-state index in [2.05, 4.69) is 5.32 Å². The normalized spacial score (nSPS) is 10.8. The van der Waals surface area contributed by atoms with Crippen LogP contribution in [-0.4, -0.2) is 12.0 Å². The van der Waals surface area contributed by atoms with Crippen molar-refractivity contribution in [1.29, 1.82) is 0 Å². The first-order valence-electron chi connectivity index (χ1n) is 7.38. The molecule has 0 aliphatic heterocycles. The van der Waals surface area contributed by atoms with Gasteiger partial charge in [0.1, 0.15) is 0 Å². The highest BCUT2D eigenvalue weighted by molar-refractivity contribution is 6.35. The van der Waals surface area contributed by atoms with Crippen molar-refractivity contribution in [2.75, 3.05) is 5.32 Å². The topological polar surface area (TPSA) is 38.3 Å². The van der Waals surface area contributed by atoms with E-state index >= 15 is 0 Å². The second-order valence-corrected chi connectivity index (χ2v) is 6.36. The Morgan fingerprint density at radius 1 is 1.17 bits per heavy atom. The van der Waals surface area contributed by atoms with Gasteiger partial charge in [0.05, 0.1) is 19.1 Å². The molecule has 0 saturated carbocycles. The standard InChI is InChI=1S/C18H19Cl2NO2/c1-12(2)23-11-13-4-3-5-16(8-13)21-18(22)9-14-6-7-15(19)10-17(14)20/h3-8,10,12H,9,11H2,1-2H3,(H,21,22). The first-order chi connectivity index (χ1) is 10.9. The Morgan fingerprint density at radius 3 is 2.65 bits per heavy atom. The number of carbonyl (C=O) groups is 1. The molecule has 2 rings (SSSR count). The van der Waals surface area contributed by atoms with Crippen LogP contribution in [0.5, 0.6) is 0 Å². The molecule has 0 aliphatic rings. The molecule has 0 spiro atoms. The van der Waals surface area contributed by atoms with E-state index in [1.54, 1.807) is 18.2 Å². The van der Waals surface area contributed by atoms with Gasteiger partial charge >= 0.3 is 0 Å². The number of ether oxygens (including phenoxy) is 1. The lowest BCUT2D eigenvalue weighted by Gasteiger charge is -2.10. The van der Waals surface area contributed by atoms with E-state index in [0.29, 0.717) is 16.7 Å². The van der Waals surface area contributed by atoms with E-state index in [1.165, 1.54) is 0 Å². The molecule has 0 atom stereocenters. The number of benzene rings is 2. The van der Waals surface area contributed by atoms with Gasteiger partial charge in [-0.2, -0.15) is 0 Å². The number of hydrogen-bond acceptors (Lipinski definition) is 2. The number of anilines is 1. The third-order valence-electron chi connectivity index (χ3n) is 3.16. The zero-order valence-electron chi connectivity index (χ0n) is 13.1. The molecule has 2 aromatic rings. The van der Waals surface area contributed by atoms with Gasteiger partial charge in [-0.25, -0.2) is 0 Å². The third-order valence-corrected chi connectivity index (χ3v) is 3.75. The molecular weight excluding hydrogens is 333 g/mol. The first-order valence-corrected chi connectivity index (χ1v) is 8.14. The molecule has 3 nitrogen and oxygen atoms in total. The molecule has 0 aromatic heterocycles. The fraction of sp³-hybridized carbons (Fsp3) is 0.278. The molecule has 23 heavy (non-hydrogen) atoms. The van der Waals surface area contributed by atoms with Crippen molar-refractivity contribution in [3.8, 4) is 0 Å². The number of nitrogens with one attached hydrogen (secondary N) is 1. The largest absolute Gasteiger partial charge is 0.374 e. The highest BCUT2D eigenvalue weighted by atomic mass is 35.5. The fourth-order valence-electron chi connectivity index (χ4n) is 2.04. The summed E-state index contributed by atoms with van der Waals surface area (Å²) in [5, 5.41) is 3.92. The van der Waals surface area contributed by atoms with Crippen LogP contribution in [0.1, 0.15) is 25.0 Å². The molecule has 2 aromatic carbocycles. The summed E-state index contributed by atoms with van der Waals surface area (Å²) in [6.07, 6.45) is 0.364. The van der Waals surface area contributed by atoms with Crippen molar-refractivity contribution in [1.82, 2.24) is 0 Å². The van der Waals surface area contributed by atoms with Gasteiger partial charge in [0, 0.05) is 15.7 Å². The minimum atomic E-state index is -0.129. The van der Waals surface area contributed by atoms with Gasteiger partial charge in [-0.3, -0.25) is 4.79 Å². The molecule has 0 saturated heterocycles. The SMILES string of the molecule is CC(C)OCc1cccc(NC(=O)Cc2ccc(Cl)cc2Cl)c1. The van der Waals surface area contributed by atoms with Crippen molar-refractivity contribution >= 4 is 34.8 Å². The maximum absolute atomic E-state index is 12.2. The minimum Gasteiger partial charge on any atom is -0.374 e. The lowest BCUT2D eigenvalue weighted by Crippen LogP contribution is -2.14. The highest BCUT2D eigenvalue weighted by Gasteiger charge is 2.08. The molecule has 1 N–H and O–H groups in total. The van der Waals surface area contributed by atoms with Crippen molar-refractivity contribution in [2.24, 2.45) is 0 Å². The monoisotopic (exact) mass is 351 g/mol. The molecule has 0 fully saturated rings. The average Bonchev–Trinajstić information content (AvgIpc) is 2.48. The average molecular weight is 352 g/mol. The summed E-state index contributed by atoms with van der Waals surface area (Å²) < 4.78 is 5.57. The van der Waals surface area contributed by atoms with Gasteiger partial charge in [0.25, 0.3) is 0 Å². The molecule has 0 aliphatic carbocycles. The quantitative estimate of drug-likeness (QED) is 0.786. The van der Waals surface area contributed by atoms with Crippen LogP contribution in [0.3, 0.4) is 0 Å². The number of halogens is 2. The molecule has 1 amide bonds. The van der Waals surface area contributed by atoms with Crippen LogP contribution < -0.4 is 5.32 Å². The lowest BCUT2D eigenvalue weighted by atomic mass is 10.1. The van der Waals surface area contributed by atoms with Crippen LogP contribution in [0.15, 0.2) is 42.5 Å². The van der Waals surface area contributed by atoms with Crippen LogP contribution in [0.2, 0.25) is 10.0 Å². The van der Waals surface area contributed by atoms with Crippen LogP contribution in [-0.2, 0) is 22.6 Å². The van der Waals surface area contributed by atoms with E-state index in [4.69, 9.17) is 27.9 Å². The van der Waals surface area contributed by atoms with E-state index in [-0.39, 0.29) is 18.4 Å². The fourth-order valence-corrected chi connectivity index (χ4v) is 2.52. The van der Waals surface area contributed by atoms with E-state index in [0.717, 1.165) is 16.8 Å². The van der Waals surface area contributed by atoms with E-state index in [9.17, 15) is 4.79 Å². The summed E-state index contributed by atoms with van der Waals surface area (Å²) in [5.74, 6) is -0.129. The summed E-state index contributed by atoms with van der Waals surface area (Å²) in [6, 6.07) is 12.7. The Kier molecular flexibility index (Phi) is 6.46. The number of hydrogen-bond donors (Lipinski definition) is 1. The van der Waals surface area contributed by atoms with Gasteiger partial charge in [-0.1, -0.05) is 41.4 Å². The number of carbonyl (C=O) groups excluding carboxylic acids is 1. The van der Waals surface area contributed by atoms with Gasteiger partial charge in [0.15, 0.2) is 0 Å². The van der Waals surface area contributed by atoms with Crippen molar-refractivity contribution < 1.29 is 9.53 Å². The molecule has 0 radical (unpaired) electrons. The van der Waals surface area contributed by atoms with E-state index in [1.807, 2.05) is 38.1 Å². The van der Waals surface area contributed by atoms with Crippen LogP contribution in [0, 0.1) is 0 Å². The predicted octanol–water partition coefficient (Wildman–Crippen LogP) is 5.10.